The first kappa shape index (κ1) is 17.9. The van der Waals surface area contributed by atoms with Crippen molar-refractivity contribution in [3.8, 4) is 22.8 Å². The van der Waals surface area contributed by atoms with Gasteiger partial charge >= 0.3 is 10.2 Å². The second-order valence-corrected chi connectivity index (χ2v) is 6.53. The van der Waals surface area contributed by atoms with E-state index in [4.69, 9.17) is 9.47 Å². The summed E-state index contributed by atoms with van der Waals surface area (Å²) in [5.74, 6) is 0.428. The van der Waals surface area contributed by atoms with Gasteiger partial charge < -0.3 is 14.0 Å². The average Bonchev–Trinajstić information content (AvgIpc) is 3.11. The number of aromatic nitrogens is 1. The van der Waals surface area contributed by atoms with Crippen LogP contribution in [0.3, 0.4) is 0 Å². The molecule has 0 radical (unpaired) electrons. The number of benzene rings is 2. The van der Waals surface area contributed by atoms with E-state index >= 15 is 0 Å². The van der Waals surface area contributed by atoms with Gasteiger partial charge in [0, 0.05) is 11.6 Å². The Morgan fingerprint density at radius 1 is 1.08 bits per heavy atom. The van der Waals surface area contributed by atoms with Crippen LogP contribution in [0.1, 0.15) is 5.56 Å². The Labute approximate surface area is 148 Å². The number of hydrogen-bond donors (Lipinski definition) is 0. The Morgan fingerprint density at radius 3 is 2.42 bits per heavy atom. The van der Waals surface area contributed by atoms with Crippen LogP contribution in [0.2, 0.25) is 0 Å². The molecule has 0 bridgehead atoms. The van der Waals surface area contributed by atoms with Crippen molar-refractivity contribution in [2.45, 2.75) is 11.7 Å². The van der Waals surface area contributed by atoms with Gasteiger partial charge in [-0.2, -0.15) is 8.42 Å². The van der Waals surface area contributed by atoms with E-state index in [1.807, 2.05) is 0 Å². The van der Waals surface area contributed by atoms with E-state index in [0.717, 1.165) is 11.6 Å². The van der Waals surface area contributed by atoms with Crippen molar-refractivity contribution in [3.63, 3.8) is 0 Å². The lowest BCUT2D eigenvalue weighted by Gasteiger charge is -2.12. The lowest BCUT2D eigenvalue weighted by Crippen LogP contribution is -1.98. The van der Waals surface area contributed by atoms with Gasteiger partial charge in [0.25, 0.3) is 5.09 Å². The van der Waals surface area contributed by atoms with Gasteiger partial charge in [-0.3, -0.25) is 0 Å². The van der Waals surface area contributed by atoms with E-state index in [-0.39, 0.29) is 18.1 Å². The number of nitrogens with zero attached hydrogens (tertiary/aromatic N) is 1. The molecule has 1 aromatic heterocycles. The predicted molar refractivity (Wildman–Crippen MR) is 87.5 cm³/mol. The summed E-state index contributed by atoms with van der Waals surface area (Å²) >= 11 is 0. The lowest BCUT2D eigenvalue weighted by molar-refractivity contribution is 0.284. The van der Waals surface area contributed by atoms with Crippen molar-refractivity contribution in [2.75, 3.05) is 7.11 Å². The molecule has 136 valence electrons. The topological polar surface area (TPSA) is 78.6 Å². The zero-order chi connectivity index (χ0) is 18.7. The molecule has 0 amide bonds. The number of methoxy groups -OCH3 is 1. The van der Waals surface area contributed by atoms with Crippen molar-refractivity contribution < 1.29 is 30.7 Å². The minimum Gasteiger partial charge on any atom is -0.493 e. The molecule has 0 spiro atoms. The molecule has 26 heavy (non-hydrogen) atoms. The third-order valence-electron chi connectivity index (χ3n) is 3.50. The first-order valence-electron chi connectivity index (χ1n) is 7.34. The number of hydrogen-bond acceptors (Lipinski definition) is 6. The van der Waals surface area contributed by atoms with Crippen LogP contribution < -0.4 is 9.47 Å². The Hall–Kier alpha value is -2.94. The number of rotatable bonds is 6. The van der Waals surface area contributed by atoms with Gasteiger partial charge in [0.1, 0.15) is 18.1 Å². The zero-order valence-corrected chi connectivity index (χ0v) is 14.3. The quantitative estimate of drug-likeness (QED) is 0.606. The third-order valence-corrected chi connectivity index (χ3v) is 4.17. The fraction of sp³-hybridized carbons (Fsp3) is 0.118. The molecule has 0 N–H and O–H groups in total. The Morgan fingerprint density at radius 2 is 1.81 bits per heavy atom. The fourth-order valence-corrected chi connectivity index (χ4v) is 2.58. The molecule has 0 aliphatic heterocycles. The molecule has 0 saturated heterocycles. The van der Waals surface area contributed by atoms with Gasteiger partial charge in [0.2, 0.25) is 0 Å². The van der Waals surface area contributed by atoms with Crippen LogP contribution in [0.5, 0.6) is 11.5 Å². The van der Waals surface area contributed by atoms with Crippen molar-refractivity contribution in [2.24, 2.45) is 0 Å². The van der Waals surface area contributed by atoms with Crippen molar-refractivity contribution in [1.82, 2.24) is 5.16 Å². The van der Waals surface area contributed by atoms with E-state index < -0.39 is 15.3 Å². The average molecular weight is 381 g/mol. The zero-order valence-electron chi connectivity index (χ0n) is 13.5. The third kappa shape index (κ3) is 3.99. The molecule has 9 heteroatoms. The summed E-state index contributed by atoms with van der Waals surface area (Å²) in [5, 5.41) is 2.67. The molecule has 0 unspecified atom stereocenters. The van der Waals surface area contributed by atoms with Crippen LogP contribution >= 0.6 is 0 Å². The van der Waals surface area contributed by atoms with Crippen LogP contribution in [0, 0.1) is 5.82 Å². The predicted octanol–water partition coefficient (Wildman–Crippen LogP) is 3.73. The smallest absolute Gasteiger partial charge is 0.368 e. The molecule has 6 nitrogen and oxygen atoms in total. The highest BCUT2D eigenvalue weighted by Crippen LogP contribution is 2.33. The molecular formula is C17H13F2NO5S. The maximum Gasteiger partial charge on any atom is 0.368 e. The van der Waals surface area contributed by atoms with Gasteiger partial charge in [-0.15, -0.1) is 0 Å². The summed E-state index contributed by atoms with van der Waals surface area (Å²) < 4.78 is 63.0. The van der Waals surface area contributed by atoms with Crippen LogP contribution in [-0.2, 0) is 16.8 Å². The van der Waals surface area contributed by atoms with Gasteiger partial charge in [-0.25, -0.2) is 4.39 Å². The van der Waals surface area contributed by atoms with Gasteiger partial charge in [-0.1, -0.05) is 21.2 Å². The monoisotopic (exact) mass is 381 g/mol. The van der Waals surface area contributed by atoms with E-state index in [9.17, 15) is 16.7 Å². The number of halogens is 2. The summed E-state index contributed by atoms with van der Waals surface area (Å²) in [4.78, 5) is 0. The molecule has 0 saturated carbocycles. The molecular weight excluding hydrogens is 368 g/mol. The second-order valence-electron chi connectivity index (χ2n) is 5.25. The molecule has 0 fully saturated rings. The largest absolute Gasteiger partial charge is 0.493 e. The van der Waals surface area contributed by atoms with E-state index in [1.165, 1.54) is 19.2 Å². The number of ether oxygens (including phenoxy) is 2. The Kier molecular flexibility index (Phi) is 4.90. The summed E-state index contributed by atoms with van der Waals surface area (Å²) in [5.41, 5.74) is 1.31. The van der Waals surface area contributed by atoms with Crippen LogP contribution in [0.4, 0.5) is 8.28 Å². The van der Waals surface area contributed by atoms with Crippen LogP contribution in [-0.4, -0.2) is 20.7 Å². The van der Waals surface area contributed by atoms with E-state index in [2.05, 4.69) is 9.68 Å². The highest BCUT2D eigenvalue weighted by molar-refractivity contribution is 7.86. The maximum absolute atomic E-state index is 13.0. The summed E-state index contributed by atoms with van der Waals surface area (Å²) in [6.45, 7) is 0.156. The van der Waals surface area contributed by atoms with Gasteiger partial charge in [-0.05, 0) is 35.9 Å². The summed E-state index contributed by atoms with van der Waals surface area (Å²) in [7, 11) is -3.52. The Balaban J connectivity index is 1.86. The van der Waals surface area contributed by atoms with Crippen molar-refractivity contribution >= 4 is 10.2 Å². The fourth-order valence-electron chi connectivity index (χ4n) is 2.20. The van der Waals surface area contributed by atoms with Crippen LogP contribution in [0.25, 0.3) is 11.3 Å². The maximum atomic E-state index is 13.0. The van der Waals surface area contributed by atoms with Gasteiger partial charge in [0.15, 0.2) is 11.5 Å². The Bertz CT molecular complexity index is 1020. The molecule has 1 heterocycles. The molecule has 0 atom stereocenters. The normalized spacial score (nSPS) is 11.3. The van der Waals surface area contributed by atoms with Crippen molar-refractivity contribution in [3.05, 3.63) is 59.9 Å². The minimum atomic E-state index is -4.98. The van der Waals surface area contributed by atoms with E-state index in [1.54, 1.807) is 30.3 Å². The standard InChI is InChI=1S/C17H13F2NO5S/c1-23-15-7-4-12(14-9-17(25-20-14)26(19,21)22)8-16(15)24-10-11-2-5-13(18)6-3-11/h2-9H,10H2,1H3. The first-order valence-corrected chi connectivity index (χ1v) is 8.72. The molecule has 3 aromatic rings. The van der Waals surface area contributed by atoms with E-state index in [0.29, 0.717) is 17.1 Å². The lowest BCUT2D eigenvalue weighted by atomic mass is 10.1. The molecule has 2 aromatic carbocycles. The van der Waals surface area contributed by atoms with Gasteiger partial charge in [0.05, 0.1) is 7.11 Å². The molecule has 3 rings (SSSR count). The first-order chi connectivity index (χ1) is 12.4. The highest BCUT2D eigenvalue weighted by Gasteiger charge is 2.20. The second kappa shape index (κ2) is 7.12. The SMILES string of the molecule is COc1ccc(-c2cc(S(=O)(=O)F)on2)cc1OCc1ccc(F)cc1. The molecule has 0 aliphatic carbocycles. The highest BCUT2D eigenvalue weighted by atomic mass is 32.3. The molecule has 0 aliphatic rings. The van der Waals surface area contributed by atoms with Crippen molar-refractivity contribution in [1.29, 1.82) is 0 Å². The summed E-state index contributed by atoms with van der Waals surface area (Å²) in [6.07, 6.45) is 0. The summed E-state index contributed by atoms with van der Waals surface area (Å²) in [6, 6.07) is 11.5. The minimum absolute atomic E-state index is 0.121. The van der Waals surface area contributed by atoms with Crippen LogP contribution in [0.15, 0.2) is 58.1 Å².